The number of aryl methyl sites for hydroxylation is 3. The summed E-state index contributed by atoms with van der Waals surface area (Å²) >= 11 is 1.66. The Hall–Kier alpha value is -2.21. The van der Waals surface area contributed by atoms with E-state index in [1.165, 1.54) is 0 Å². The standard InChI is InChI=1S/C17H20N4OS/c1-10(15-11(2)23-12(3)18-15)20(4)17(22)16-13-8-6-7-9-14(13)21(5)19-16/h6-10H,1-5H3/t10-/m1/s1. The Morgan fingerprint density at radius 2 is 2.00 bits per heavy atom. The lowest BCUT2D eigenvalue weighted by Gasteiger charge is -2.23. The Balaban J connectivity index is 1.97. The number of hydrogen-bond acceptors (Lipinski definition) is 4. The summed E-state index contributed by atoms with van der Waals surface area (Å²) in [7, 11) is 3.67. The van der Waals surface area contributed by atoms with E-state index < -0.39 is 0 Å². The molecule has 0 bridgehead atoms. The molecule has 0 radical (unpaired) electrons. The van der Waals surface area contributed by atoms with E-state index in [0.717, 1.165) is 26.5 Å². The van der Waals surface area contributed by atoms with Gasteiger partial charge in [0.05, 0.1) is 22.3 Å². The number of rotatable bonds is 3. The maximum atomic E-state index is 12.9. The van der Waals surface area contributed by atoms with Gasteiger partial charge in [-0.05, 0) is 26.8 Å². The zero-order valence-corrected chi connectivity index (χ0v) is 14.8. The van der Waals surface area contributed by atoms with E-state index in [4.69, 9.17) is 0 Å². The second-order valence-corrected chi connectivity index (χ2v) is 7.16. The fraction of sp³-hybridized carbons (Fsp3) is 0.353. The fourth-order valence-corrected chi connectivity index (χ4v) is 3.74. The van der Waals surface area contributed by atoms with Crippen molar-refractivity contribution in [3.05, 3.63) is 45.5 Å². The molecule has 3 rings (SSSR count). The van der Waals surface area contributed by atoms with Crippen LogP contribution in [0.2, 0.25) is 0 Å². The van der Waals surface area contributed by atoms with Crippen LogP contribution >= 0.6 is 11.3 Å². The van der Waals surface area contributed by atoms with Gasteiger partial charge in [-0.1, -0.05) is 18.2 Å². The van der Waals surface area contributed by atoms with Crippen LogP contribution in [0.15, 0.2) is 24.3 Å². The van der Waals surface area contributed by atoms with Gasteiger partial charge in [0, 0.05) is 24.4 Å². The van der Waals surface area contributed by atoms with Crippen molar-refractivity contribution < 1.29 is 4.79 Å². The van der Waals surface area contributed by atoms with E-state index in [0.29, 0.717) is 5.69 Å². The molecule has 1 aromatic carbocycles. The normalized spacial score (nSPS) is 12.6. The Morgan fingerprint density at radius 1 is 1.30 bits per heavy atom. The topological polar surface area (TPSA) is 51.0 Å². The molecule has 0 unspecified atom stereocenters. The zero-order chi connectivity index (χ0) is 16.7. The molecular weight excluding hydrogens is 308 g/mol. The van der Waals surface area contributed by atoms with Gasteiger partial charge in [-0.15, -0.1) is 11.3 Å². The van der Waals surface area contributed by atoms with E-state index in [1.807, 2.05) is 59.1 Å². The molecule has 6 heteroatoms. The SMILES string of the molecule is Cc1nc([C@@H](C)N(C)C(=O)c2nn(C)c3ccccc23)c(C)s1. The minimum absolute atomic E-state index is 0.0839. The van der Waals surface area contributed by atoms with Crippen molar-refractivity contribution in [3.8, 4) is 0 Å². The van der Waals surface area contributed by atoms with Crippen LogP contribution in [0, 0.1) is 13.8 Å². The number of carbonyl (C=O) groups excluding carboxylic acids is 1. The summed E-state index contributed by atoms with van der Waals surface area (Å²) in [5, 5.41) is 6.32. The average molecular weight is 328 g/mol. The Bertz CT molecular complexity index is 880. The monoisotopic (exact) mass is 328 g/mol. The van der Waals surface area contributed by atoms with Crippen LogP contribution in [0.5, 0.6) is 0 Å². The summed E-state index contributed by atoms with van der Waals surface area (Å²) in [5.41, 5.74) is 2.41. The molecule has 0 aliphatic carbocycles. The minimum atomic E-state index is -0.0896. The summed E-state index contributed by atoms with van der Waals surface area (Å²) in [6.07, 6.45) is 0. The molecule has 0 saturated carbocycles. The van der Waals surface area contributed by atoms with E-state index >= 15 is 0 Å². The van der Waals surface area contributed by atoms with Gasteiger partial charge in [0.1, 0.15) is 0 Å². The first-order chi connectivity index (χ1) is 10.9. The van der Waals surface area contributed by atoms with Crippen molar-refractivity contribution in [3.63, 3.8) is 0 Å². The largest absolute Gasteiger partial charge is 0.332 e. The lowest BCUT2D eigenvalue weighted by atomic mass is 10.1. The quantitative estimate of drug-likeness (QED) is 0.739. The summed E-state index contributed by atoms with van der Waals surface area (Å²) in [6.45, 7) is 6.04. The second kappa shape index (κ2) is 5.77. The first-order valence-corrected chi connectivity index (χ1v) is 8.34. The van der Waals surface area contributed by atoms with E-state index in [-0.39, 0.29) is 11.9 Å². The van der Waals surface area contributed by atoms with Crippen molar-refractivity contribution in [1.29, 1.82) is 0 Å². The highest BCUT2D eigenvalue weighted by atomic mass is 32.1. The number of thiazole rings is 1. The highest BCUT2D eigenvalue weighted by molar-refractivity contribution is 7.11. The molecule has 0 fully saturated rings. The van der Waals surface area contributed by atoms with Crippen LogP contribution in [-0.4, -0.2) is 32.6 Å². The van der Waals surface area contributed by atoms with Crippen molar-refractivity contribution >= 4 is 28.1 Å². The molecule has 1 atom stereocenters. The van der Waals surface area contributed by atoms with Gasteiger partial charge in [0.25, 0.3) is 5.91 Å². The van der Waals surface area contributed by atoms with E-state index in [1.54, 1.807) is 20.9 Å². The first kappa shape index (κ1) is 15.7. The molecule has 0 N–H and O–H groups in total. The lowest BCUT2D eigenvalue weighted by Crippen LogP contribution is -2.30. The summed E-state index contributed by atoms with van der Waals surface area (Å²) < 4.78 is 1.75. The maximum absolute atomic E-state index is 12.9. The van der Waals surface area contributed by atoms with Gasteiger partial charge in [-0.25, -0.2) is 4.98 Å². The molecule has 2 aromatic heterocycles. The van der Waals surface area contributed by atoms with Crippen molar-refractivity contribution in [1.82, 2.24) is 19.7 Å². The highest BCUT2D eigenvalue weighted by Gasteiger charge is 2.26. The van der Waals surface area contributed by atoms with Crippen molar-refractivity contribution in [2.75, 3.05) is 7.05 Å². The molecule has 120 valence electrons. The van der Waals surface area contributed by atoms with Crippen LogP contribution < -0.4 is 0 Å². The zero-order valence-electron chi connectivity index (χ0n) is 14.0. The Kier molecular flexibility index (Phi) is 3.93. The van der Waals surface area contributed by atoms with Gasteiger partial charge < -0.3 is 4.90 Å². The fourth-order valence-electron chi connectivity index (χ4n) is 2.83. The minimum Gasteiger partial charge on any atom is -0.332 e. The first-order valence-electron chi connectivity index (χ1n) is 7.53. The third kappa shape index (κ3) is 2.63. The van der Waals surface area contributed by atoms with Crippen LogP contribution in [0.4, 0.5) is 0 Å². The van der Waals surface area contributed by atoms with Gasteiger partial charge in [-0.3, -0.25) is 9.48 Å². The molecule has 0 saturated heterocycles. The van der Waals surface area contributed by atoms with Crippen molar-refractivity contribution in [2.45, 2.75) is 26.8 Å². The number of carbonyl (C=O) groups is 1. The van der Waals surface area contributed by atoms with Gasteiger partial charge in [0.15, 0.2) is 5.69 Å². The molecule has 0 aliphatic rings. The predicted octanol–water partition coefficient (Wildman–Crippen LogP) is 3.48. The molecular formula is C17H20N4OS. The van der Waals surface area contributed by atoms with E-state index in [2.05, 4.69) is 10.1 Å². The lowest BCUT2D eigenvalue weighted by molar-refractivity contribution is 0.0735. The Morgan fingerprint density at radius 3 is 2.65 bits per heavy atom. The molecule has 23 heavy (non-hydrogen) atoms. The maximum Gasteiger partial charge on any atom is 0.275 e. The van der Waals surface area contributed by atoms with Crippen LogP contribution in [0.3, 0.4) is 0 Å². The molecule has 0 spiro atoms. The van der Waals surface area contributed by atoms with Crippen LogP contribution in [-0.2, 0) is 7.05 Å². The number of amides is 1. The number of nitrogens with zero attached hydrogens (tertiary/aromatic N) is 4. The molecule has 2 heterocycles. The molecule has 0 aliphatic heterocycles. The number of benzene rings is 1. The third-order valence-electron chi connectivity index (χ3n) is 4.20. The number of aromatic nitrogens is 3. The van der Waals surface area contributed by atoms with Crippen molar-refractivity contribution in [2.24, 2.45) is 7.05 Å². The average Bonchev–Trinajstić information content (AvgIpc) is 3.05. The van der Waals surface area contributed by atoms with E-state index in [9.17, 15) is 4.79 Å². The third-order valence-corrected chi connectivity index (χ3v) is 5.10. The van der Waals surface area contributed by atoms with Gasteiger partial charge in [-0.2, -0.15) is 5.10 Å². The molecule has 5 nitrogen and oxygen atoms in total. The highest BCUT2D eigenvalue weighted by Crippen LogP contribution is 2.28. The number of hydrogen-bond donors (Lipinski definition) is 0. The summed E-state index contributed by atoms with van der Waals surface area (Å²) in [5.74, 6) is -0.0839. The molecule has 3 aromatic rings. The van der Waals surface area contributed by atoms with Gasteiger partial charge >= 0.3 is 0 Å². The van der Waals surface area contributed by atoms with Gasteiger partial charge in [0.2, 0.25) is 0 Å². The molecule has 1 amide bonds. The smallest absolute Gasteiger partial charge is 0.275 e. The summed E-state index contributed by atoms with van der Waals surface area (Å²) in [6, 6.07) is 7.70. The Labute approximate surface area is 139 Å². The van der Waals surface area contributed by atoms with Crippen LogP contribution in [0.25, 0.3) is 10.9 Å². The number of fused-ring (bicyclic) bond motifs is 1. The predicted molar refractivity (Wildman–Crippen MR) is 92.8 cm³/mol. The van der Waals surface area contributed by atoms with Crippen LogP contribution in [0.1, 0.15) is 39.0 Å². The summed E-state index contributed by atoms with van der Waals surface area (Å²) in [4.78, 5) is 20.4. The second-order valence-electron chi connectivity index (χ2n) is 5.76. The number of para-hydroxylation sites is 1.